The number of imide groups is 2. The molecule has 3 aliphatic heterocycles. The number of hydrogen-bond acceptors (Lipinski definition) is 5. The number of nitrogens with zero attached hydrogens (tertiary/aromatic N) is 2. The van der Waals surface area contributed by atoms with Crippen molar-refractivity contribution in [3.63, 3.8) is 0 Å². The van der Waals surface area contributed by atoms with Crippen molar-refractivity contribution in [3.05, 3.63) is 69.8 Å². The Hall–Kier alpha value is -3.53. The van der Waals surface area contributed by atoms with E-state index in [4.69, 9.17) is 0 Å². The highest BCUT2D eigenvalue weighted by Crippen LogP contribution is 2.33. The van der Waals surface area contributed by atoms with Crippen molar-refractivity contribution < 1.29 is 32.3 Å². The van der Waals surface area contributed by atoms with Gasteiger partial charge in [-0.2, -0.15) is 13.2 Å². The largest absolute Gasteiger partial charge is 0.416 e. The molecule has 1 unspecified atom stereocenters. The molecule has 3 aliphatic rings. The summed E-state index contributed by atoms with van der Waals surface area (Å²) >= 11 is 0. The van der Waals surface area contributed by atoms with Crippen LogP contribution in [0.25, 0.3) is 0 Å². The third-order valence-corrected chi connectivity index (χ3v) is 6.76. The number of alkyl halides is 3. The molecule has 1 atom stereocenters. The van der Waals surface area contributed by atoms with E-state index in [2.05, 4.69) is 10.2 Å². The highest BCUT2D eigenvalue weighted by atomic mass is 19.4. The number of carbonyl (C=O) groups excluding carboxylic acids is 4. The van der Waals surface area contributed by atoms with Crippen LogP contribution < -0.4 is 5.32 Å². The van der Waals surface area contributed by atoms with Crippen molar-refractivity contribution in [2.24, 2.45) is 0 Å². The molecule has 0 spiro atoms. The van der Waals surface area contributed by atoms with Crippen molar-refractivity contribution in [1.82, 2.24) is 15.1 Å². The number of piperidine rings is 1. The normalized spacial score (nSPS) is 21.0. The van der Waals surface area contributed by atoms with Gasteiger partial charge in [0.2, 0.25) is 11.8 Å². The molecule has 1 N–H and O–H groups in total. The van der Waals surface area contributed by atoms with Gasteiger partial charge in [0.05, 0.1) is 16.7 Å². The lowest BCUT2D eigenvalue weighted by molar-refractivity contribution is -0.138. The standard InChI is InChI=1S/C25H22F3N3O4/c26-25(27,28)17-5-3-14(4-6-17)12-30-9-1-2-15-10-18-19(11-16(15)13-30)24(35)31(23(18)34)20-7-8-21(32)29-22(20)33/h3-6,10-11,20H,1-2,7-9,12-13H2,(H,29,32,33). The van der Waals surface area contributed by atoms with E-state index in [0.717, 1.165) is 40.1 Å². The number of amides is 4. The lowest BCUT2D eigenvalue weighted by atomic mass is 9.97. The van der Waals surface area contributed by atoms with E-state index >= 15 is 0 Å². The molecule has 182 valence electrons. The topological polar surface area (TPSA) is 86.8 Å². The minimum Gasteiger partial charge on any atom is -0.295 e. The molecule has 4 amide bonds. The van der Waals surface area contributed by atoms with Crippen molar-refractivity contribution in [2.45, 2.75) is 51.0 Å². The Kier molecular flexibility index (Phi) is 5.71. The van der Waals surface area contributed by atoms with Crippen LogP contribution in [0, 0.1) is 0 Å². The molecular weight excluding hydrogens is 463 g/mol. The predicted molar refractivity (Wildman–Crippen MR) is 117 cm³/mol. The summed E-state index contributed by atoms with van der Waals surface area (Å²) in [5.74, 6) is -2.17. The molecule has 3 heterocycles. The highest BCUT2D eigenvalue weighted by Gasteiger charge is 2.45. The van der Waals surface area contributed by atoms with E-state index in [0.29, 0.717) is 26.1 Å². The van der Waals surface area contributed by atoms with Crippen LogP contribution in [-0.4, -0.2) is 46.0 Å². The monoisotopic (exact) mass is 485 g/mol. The summed E-state index contributed by atoms with van der Waals surface area (Å²) in [6.07, 6.45) is -2.76. The Morgan fingerprint density at radius 2 is 1.57 bits per heavy atom. The van der Waals surface area contributed by atoms with Crippen LogP contribution in [0.4, 0.5) is 13.2 Å². The fraction of sp³-hybridized carbons (Fsp3) is 0.360. The minimum atomic E-state index is -4.38. The zero-order valence-electron chi connectivity index (χ0n) is 18.7. The number of fused-ring (bicyclic) bond motifs is 2. The maximum Gasteiger partial charge on any atom is 0.416 e. The first-order chi connectivity index (χ1) is 16.6. The van der Waals surface area contributed by atoms with E-state index < -0.39 is 41.4 Å². The smallest absolute Gasteiger partial charge is 0.295 e. The zero-order chi connectivity index (χ0) is 24.9. The first-order valence-electron chi connectivity index (χ1n) is 11.4. The lowest BCUT2D eigenvalue weighted by Crippen LogP contribution is -2.54. The number of aryl methyl sites for hydroxylation is 1. The number of hydrogen-bond donors (Lipinski definition) is 1. The van der Waals surface area contributed by atoms with Gasteiger partial charge in [-0.15, -0.1) is 0 Å². The summed E-state index contributed by atoms with van der Waals surface area (Å²) in [7, 11) is 0. The van der Waals surface area contributed by atoms with Gasteiger partial charge in [-0.25, -0.2) is 0 Å². The number of rotatable bonds is 3. The molecule has 0 saturated carbocycles. The van der Waals surface area contributed by atoms with Crippen molar-refractivity contribution in [3.8, 4) is 0 Å². The van der Waals surface area contributed by atoms with E-state index in [-0.39, 0.29) is 24.0 Å². The molecule has 1 fully saturated rings. The van der Waals surface area contributed by atoms with Gasteiger partial charge in [-0.05, 0) is 66.8 Å². The Labute approximate surface area is 198 Å². The average Bonchev–Trinajstić information content (AvgIpc) is 2.93. The molecule has 0 bridgehead atoms. The second kappa shape index (κ2) is 8.60. The summed E-state index contributed by atoms with van der Waals surface area (Å²) < 4.78 is 38.5. The molecule has 2 aromatic carbocycles. The van der Waals surface area contributed by atoms with Gasteiger partial charge < -0.3 is 0 Å². The van der Waals surface area contributed by atoms with E-state index in [1.165, 1.54) is 12.1 Å². The summed E-state index contributed by atoms with van der Waals surface area (Å²) in [6, 6.07) is 7.48. The van der Waals surface area contributed by atoms with Gasteiger partial charge in [0.25, 0.3) is 11.8 Å². The first kappa shape index (κ1) is 23.2. The van der Waals surface area contributed by atoms with E-state index in [1.807, 2.05) is 0 Å². The van der Waals surface area contributed by atoms with E-state index in [9.17, 15) is 32.3 Å². The summed E-state index contributed by atoms with van der Waals surface area (Å²) in [5.41, 5.74) is 2.36. The SMILES string of the molecule is O=C1CCC(N2C(=O)c3cc4c(cc3C2=O)CN(Cc2ccc(C(F)(F)F)cc2)CCC4)C(=O)N1. The second-order valence-electron chi connectivity index (χ2n) is 9.12. The van der Waals surface area contributed by atoms with Gasteiger partial charge in [0.1, 0.15) is 6.04 Å². The summed E-state index contributed by atoms with van der Waals surface area (Å²) in [5, 5.41) is 2.19. The molecule has 0 aliphatic carbocycles. The van der Waals surface area contributed by atoms with Crippen LogP contribution in [0.2, 0.25) is 0 Å². The number of benzene rings is 2. The fourth-order valence-corrected chi connectivity index (χ4v) is 4.99. The van der Waals surface area contributed by atoms with Gasteiger partial charge >= 0.3 is 6.18 Å². The predicted octanol–water partition coefficient (Wildman–Crippen LogP) is 3.06. The molecule has 2 aromatic rings. The van der Waals surface area contributed by atoms with Gasteiger partial charge in [0, 0.05) is 19.5 Å². The minimum absolute atomic E-state index is 0.0548. The molecule has 7 nitrogen and oxygen atoms in total. The number of carbonyl (C=O) groups is 4. The Balaban J connectivity index is 1.36. The summed E-state index contributed by atoms with van der Waals surface area (Å²) in [6.45, 7) is 1.64. The summed E-state index contributed by atoms with van der Waals surface area (Å²) in [4.78, 5) is 53.0. The molecule has 0 radical (unpaired) electrons. The molecular formula is C25H22F3N3O4. The Morgan fingerprint density at radius 1 is 0.914 bits per heavy atom. The van der Waals surface area contributed by atoms with Gasteiger partial charge in [-0.1, -0.05) is 12.1 Å². The van der Waals surface area contributed by atoms with Crippen LogP contribution in [0.5, 0.6) is 0 Å². The molecule has 35 heavy (non-hydrogen) atoms. The van der Waals surface area contributed by atoms with E-state index in [1.54, 1.807) is 12.1 Å². The fourth-order valence-electron chi connectivity index (χ4n) is 4.99. The Bertz CT molecular complexity index is 1240. The molecule has 0 aromatic heterocycles. The lowest BCUT2D eigenvalue weighted by Gasteiger charge is -2.27. The zero-order valence-corrected chi connectivity index (χ0v) is 18.7. The average molecular weight is 485 g/mol. The number of nitrogens with one attached hydrogen (secondary N) is 1. The van der Waals surface area contributed by atoms with Gasteiger partial charge in [-0.3, -0.25) is 34.3 Å². The highest BCUT2D eigenvalue weighted by molar-refractivity contribution is 6.23. The second-order valence-corrected chi connectivity index (χ2v) is 9.12. The maximum absolute atomic E-state index is 13.1. The van der Waals surface area contributed by atoms with Crippen LogP contribution >= 0.6 is 0 Å². The first-order valence-corrected chi connectivity index (χ1v) is 11.4. The molecule has 1 saturated heterocycles. The molecule has 10 heteroatoms. The number of halogens is 3. The van der Waals surface area contributed by atoms with Gasteiger partial charge in [0.15, 0.2) is 0 Å². The van der Waals surface area contributed by atoms with Crippen molar-refractivity contribution in [2.75, 3.05) is 6.54 Å². The molecule has 5 rings (SSSR count). The van der Waals surface area contributed by atoms with Crippen LogP contribution in [0.3, 0.4) is 0 Å². The van der Waals surface area contributed by atoms with Crippen LogP contribution in [0.15, 0.2) is 36.4 Å². The van der Waals surface area contributed by atoms with Crippen molar-refractivity contribution in [1.29, 1.82) is 0 Å². The third-order valence-electron chi connectivity index (χ3n) is 6.76. The quantitative estimate of drug-likeness (QED) is 0.676. The van der Waals surface area contributed by atoms with Crippen LogP contribution in [-0.2, 0) is 35.3 Å². The third kappa shape index (κ3) is 4.34. The Morgan fingerprint density at radius 3 is 2.20 bits per heavy atom. The van der Waals surface area contributed by atoms with Crippen LogP contribution in [0.1, 0.15) is 62.2 Å². The maximum atomic E-state index is 13.1. The van der Waals surface area contributed by atoms with Crippen molar-refractivity contribution >= 4 is 23.6 Å².